The number of alkyl halides is 3. The molecule has 2 aromatic rings. The van der Waals surface area contributed by atoms with E-state index in [1.165, 1.54) is 5.56 Å². The highest BCUT2D eigenvalue weighted by atomic mass is 32.1. The summed E-state index contributed by atoms with van der Waals surface area (Å²) in [5.74, 6) is 0.545. The maximum absolute atomic E-state index is 12.6. The first-order valence-electron chi connectivity index (χ1n) is 8.48. The van der Waals surface area contributed by atoms with Gasteiger partial charge in [-0.1, -0.05) is 31.2 Å². The van der Waals surface area contributed by atoms with E-state index in [-0.39, 0.29) is 12.6 Å². The van der Waals surface area contributed by atoms with Gasteiger partial charge < -0.3 is 10.6 Å². The largest absolute Gasteiger partial charge is 0.434 e. The van der Waals surface area contributed by atoms with E-state index < -0.39 is 11.9 Å². The lowest BCUT2D eigenvalue weighted by Crippen LogP contribution is -2.38. The van der Waals surface area contributed by atoms with Crippen LogP contribution in [0.15, 0.2) is 34.6 Å². The molecule has 0 amide bonds. The SMILES string of the molecule is CCNC(=NCc1nc(C(F)(F)F)cs1)NC(C)c1ccc(CC)cc1. The summed E-state index contributed by atoms with van der Waals surface area (Å²) in [5, 5.41) is 7.72. The number of aryl methyl sites for hydroxylation is 1. The summed E-state index contributed by atoms with van der Waals surface area (Å²) in [6.07, 6.45) is -3.43. The van der Waals surface area contributed by atoms with Crippen LogP contribution >= 0.6 is 11.3 Å². The Morgan fingerprint density at radius 1 is 1.23 bits per heavy atom. The lowest BCUT2D eigenvalue weighted by Gasteiger charge is -2.18. The summed E-state index contributed by atoms with van der Waals surface area (Å²) in [4.78, 5) is 7.95. The quantitative estimate of drug-likeness (QED) is 0.568. The van der Waals surface area contributed by atoms with Crippen LogP contribution in [-0.4, -0.2) is 17.5 Å². The lowest BCUT2D eigenvalue weighted by atomic mass is 10.1. The van der Waals surface area contributed by atoms with E-state index in [1.54, 1.807) is 0 Å². The summed E-state index contributed by atoms with van der Waals surface area (Å²) < 4.78 is 37.9. The van der Waals surface area contributed by atoms with Gasteiger partial charge >= 0.3 is 6.18 Å². The van der Waals surface area contributed by atoms with Crippen molar-refractivity contribution in [1.29, 1.82) is 0 Å². The summed E-state index contributed by atoms with van der Waals surface area (Å²) in [5.41, 5.74) is 1.52. The summed E-state index contributed by atoms with van der Waals surface area (Å²) >= 11 is 0.962. The normalized spacial score (nSPS) is 13.5. The molecular weight excluding hydrogens is 361 g/mol. The van der Waals surface area contributed by atoms with Crippen molar-refractivity contribution in [2.75, 3.05) is 6.54 Å². The monoisotopic (exact) mass is 384 g/mol. The zero-order chi connectivity index (χ0) is 19.2. The highest BCUT2D eigenvalue weighted by Crippen LogP contribution is 2.30. The highest BCUT2D eigenvalue weighted by molar-refractivity contribution is 7.09. The molecule has 2 N–H and O–H groups in total. The van der Waals surface area contributed by atoms with E-state index in [0.29, 0.717) is 17.5 Å². The molecule has 0 aliphatic heterocycles. The molecule has 0 spiro atoms. The van der Waals surface area contributed by atoms with Crippen LogP contribution in [0.4, 0.5) is 13.2 Å². The van der Waals surface area contributed by atoms with Crippen molar-refractivity contribution >= 4 is 17.3 Å². The topological polar surface area (TPSA) is 49.3 Å². The van der Waals surface area contributed by atoms with E-state index >= 15 is 0 Å². The average molecular weight is 384 g/mol. The van der Waals surface area contributed by atoms with E-state index in [4.69, 9.17) is 0 Å². The van der Waals surface area contributed by atoms with Gasteiger partial charge in [0.1, 0.15) is 5.01 Å². The van der Waals surface area contributed by atoms with Crippen molar-refractivity contribution in [1.82, 2.24) is 15.6 Å². The third kappa shape index (κ3) is 5.72. The van der Waals surface area contributed by atoms with E-state index in [2.05, 4.69) is 51.8 Å². The molecule has 0 saturated heterocycles. The fraction of sp³-hybridized carbons (Fsp3) is 0.444. The number of rotatable bonds is 6. The molecule has 0 aliphatic rings. The van der Waals surface area contributed by atoms with Crippen molar-refractivity contribution in [2.45, 2.75) is 46.0 Å². The van der Waals surface area contributed by atoms with Crippen LogP contribution in [0.1, 0.15) is 48.6 Å². The maximum atomic E-state index is 12.6. The molecule has 0 fully saturated rings. The summed E-state index contributed by atoms with van der Waals surface area (Å²) in [7, 11) is 0. The molecule has 0 radical (unpaired) electrons. The number of aromatic nitrogens is 1. The molecule has 142 valence electrons. The van der Waals surface area contributed by atoms with Crippen LogP contribution in [0.3, 0.4) is 0 Å². The molecule has 1 aromatic heterocycles. The Morgan fingerprint density at radius 2 is 1.92 bits per heavy atom. The van der Waals surface area contributed by atoms with Gasteiger partial charge in [0, 0.05) is 11.9 Å². The van der Waals surface area contributed by atoms with Crippen LogP contribution in [0.2, 0.25) is 0 Å². The Hall–Kier alpha value is -2.09. The maximum Gasteiger partial charge on any atom is 0.434 e. The number of benzene rings is 1. The van der Waals surface area contributed by atoms with Crippen molar-refractivity contribution in [3.8, 4) is 0 Å². The highest BCUT2D eigenvalue weighted by Gasteiger charge is 2.33. The number of halogens is 3. The van der Waals surface area contributed by atoms with Crippen LogP contribution in [0, 0.1) is 0 Å². The van der Waals surface area contributed by atoms with Gasteiger partial charge in [-0.05, 0) is 31.4 Å². The van der Waals surface area contributed by atoms with Crippen LogP contribution in [0.5, 0.6) is 0 Å². The fourth-order valence-electron chi connectivity index (χ4n) is 2.31. The summed E-state index contributed by atoms with van der Waals surface area (Å²) in [6.45, 7) is 6.80. The number of hydrogen-bond donors (Lipinski definition) is 2. The second kappa shape index (κ2) is 9.02. The van der Waals surface area contributed by atoms with Gasteiger partial charge in [0.25, 0.3) is 0 Å². The Labute approximate surface area is 155 Å². The van der Waals surface area contributed by atoms with Gasteiger partial charge in [-0.25, -0.2) is 9.98 Å². The number of nitrogens with zero attached hydrogens (tertiary/aromatic N) is 2. The molecule has 0 saturated carbocycles. The molecule has 0 bridgehead atoms. The van der Waals surface area contributed by atoms with Crippen molar-refractivity contribution in [3.63, 3.8) is 0 Å². The predicted molar refractivity (Wildman–Crippen MR) is 99.3 cm³/mol. The Bertz CT molecular complexity index is 723. The van der Waals surface area contributed by atoms with Crippen LogP contribution in [0.25, 0.3) is 0 Å². The van der Waals surface area contributed by atoms with Gasteiger partial charge in [-0.15, -0.1) is 11.3 Å². The molecule has 1 heterocycles. The first-order chi connectivity index (χ1) is 12.3. The fourth-order valence-corrected chi connectivity index (χ4v) is 3.03. The Balaban J connectivity index is 2.04. The molecule has 1 unspecified atom stereocenters. The first-order valence-corrected chi connectivity index (χ1v) is 9.36. The van der Waals surface area contributed by atoms with Gasteiger partial charge in [-0.3, -0.25) is 0 Å². The Morgan fingerprint density at radius 3 is 2.46 bits per heavy atom. The molecule has 0 aliphatic carbocycles. The average Bonchev–Trinajstić information content (AvgIpc) is 3.09. The number of guanidine groups is 1. The third-order valence-electron chi connectivity index (χ3n) is 3.80. The minimum Gasteiger partial charge on any atom is -0.357 e. The van der Waals surface area contributed by atoms with Gasteiger partial charge in [0.05, 0.1) is 12.6 Å². The van der Waals surface area contributed by atoms with Gasteiger partial charge in [0.15, 0.2) is 11.7 Å². The van der Waals surface area contributed by atoms with Crippen molar-refractivity contribution in [2.24, 2.45) is 4.99 Å². The predicted octanol–water partition coefficient (Wildman–Crippen LogP) is 4.54. The first kappa shape index (κ1) is 20.2. The third-order valence-corrected chi connectivity index (χ3v) is 4.63. The molecule has 4 nitrogen and oxygen atoms in total. The molecule has 8 heteroatoms. The van der Waals surface area contributed by atoms with Crippen LogP contribution in [-0.2, 0) is 19.1 Å². The van der Waals surface area contributed by atoms with E-state index in [9.17, 15) is 13.2 Å². The standard InChI is InChI=1S/C18H23F3N4S/c1-4-13-6-8-14(9-7-13)12(3)24-17(22-5-2)23-10-16-25-15(11-26-16)18(19,20)21/h6-9,11-12H,4-5,10H2,1-3H3,(H2,22,23,24). The molecule has 1 atom stereocenters. The minimum absolute atomic E-state index is 0.0146. The molecule has 2 rings (SSSR count). The zero-order valence-electron chi connectivity index (χ0n) is 15.0. The number of hydrogen-bond acceptors (Lipinski definition) is 3. The minimum atomic E-state index is -4.42. The molecule has 26 heavy (non-hydrogen) atoms. The zero-order valence-corrected chi connectivity index (χ0v) is 15.8. The number of aliphatic imine (C=N–C) groups is 1. The number of thiazole rings is 1. The molecular formula is C18H23F3N4S. The second-order valence-corrected chi connectivity index (χ2v) is 6.72. The number of nitrogens with one attached hydrogen (secondary N) is 2. The molecule has 1 aromatic carbocycles. The van der Waals surface area contributed by atoms with Gasteiger partial charge in [0.2, 0.25) is 0 Å². The Kier molecular flexibility index (Phi) is 7.02. The van der Waals surface area contributed by atoms with Crippen molar-refractivity contribution < 1.29 is 13.2 Å². The second-order valence-electron chi connectivity index (χ2n) is 5.78. The van der Waals surface area contributed by atoms with E-state index in [1.807, 2.05) is 13.8 Å². The lowest BCUT2D eigenvalue weighted by molar-refractivity contribution is -0.140. The van der Waals surface area contributed by atoms with Crippen molar-refractivity contribution in [3.05, 3.63) is 51.5 Å². The van der Waals surface area contributed by atoms with Gasteiger partial charge in [-0.2, -0.15) is 13.2 Å². The van der Waals surface area contributed by atoms with E-state index in [0.717, 1.165) is 28.7 Å². The summed E-state index contributed by atoms with van der Waals surface area (Å²) in [6, 6.07) is 8.32. The van der Waals surface area contributed by atoms with Crippen LogP contribution < -0.4 is 10.6 Å². The smallest absolute Gasteiger partial charge is 0.357 e.